The van der Waals surface area contributed by atoms with Gasteiger partial charge in [0, 0.05) is 6.04 Å². The molecule has 18 heavy (non-hydrogen) atoms. The summed E-state index contributed by atoms with van der Waals surface area (Å²) in [6.45, 7) is 1.78. The number of hydrogen-bond acceptors (Lipinski definition) is 4. The van der Waals surface area contributed by atoms with E-state index in [2.05, 4.69) is 11.9 Å². The number of aliphatic hydroxyl groups is 1. The monoisotopic (exact) mass is 249 g/mol. The van der Waals surface area contributed by atoms with E-state index in [-0.39, 0.29) is 12.7 Å². The van der Waals surface area contributed by atoms with Gasteiger partial charge in [0.1, 0.15) is 12.7 Å². The van der Waals surface area contributed by atoms with Crippen LogP contribution in [0.1, 0.15) is 18.4 Å². The molecule has 0 aromatic heterocycles. The maximum absolute atomic E-state index is 9.15. The molecule has 2 aliphatic rings. The molecule has 0 radical (unpaired) electrons. The van der Waals surface area contributed by atoms with Crippen molar-refractivity contribution in [3.63, 3.8) is 0 Å². The minimum Gasteiger partial charge on any atom is -0.486 e. The molecule has 0 bridgehead atoms. The Labute approximate surface area is 107 Å². The van der Waals surface area contributed by atoms with Gasteiger partial charge in [-0.25, -0.2) is 0 Å². The van der Waals surface area contributed by atoms with Crippen LogP contribution in [0.2, 0.25) is 0 Å². The molecule has 2 atom stereocenters. The van der Waals surface area contributed by atoms with Crippen molar-refractivity contribution >= 4 is 0 Å². The number of rotatable bonds is 2. The molecule has 0 aliphatic carbocycles. The Kier molecular flexibility index (Phi) is 3.14. The van der Waals surface area contributed by atoms with Crippen LogP contribution in [0.4, 0.5) is 0 Å². The molecule has 2 heterocycles. The number of fused-ring (bicyclic) bond motifs is 1. The van der Waals surface area contributed by atoms with E-state index in [1.54, 1.807) is 0 Å². The number of ether oxygens (including phenoxy) is 2. The number of benzene rings is 1. The van der Waals surface area contributed by atoms with Gasteiger partial charge in [-0.05, 0) is 44.1 Å². The van der Waals surface area contributed by atoms with E-state index >= 15 is 0 Å². The van der Waals surface area contributed by atoms with Gasteiger partial charge in [-0.15, -0.1) is 0 Å². The van der Waals surface area contributed by atoms with Crippen molar-refractivity contribution in [3.8, 4) is 11.5 Å². The van der Waals surface area contributed by atoms with Crippen LogP contribution in [-0.2, 0) is 6.61 Å². The topological polar surface area (TPSA) is 41.9 Å². The van der Waals surface area contributed by atoms with Crippen molar-refractivity contribution in [2.24, 2.45) is 0 Å². The van der Waals surface area contributed by atoms with Crippen LogP contribution in [0.3, 0.4) is 0 Å². The van der Waals surface area contributed by atoms with Crippen LogP contribution >= 0.6 is 0 Å². The summed E-state index contributed by atoms with van der Waals surface area (Å²) in [5.74, 6) is 1.54. The van der Waals surface area contributed by atoms with Gasteiger partial charge in [-0.3, -0.25) is 4.90 Å². The molecule has 2 aliphatic heterocycles. The van der Waals surface area contributed by atoms with E-state index in [0.717, 1.165) is 23.6 Å². The Balaban J connectivity index is 1.79. The molecular formula is C14H19NO3. The van der Waals surface area contributed by atoms with Gasteiger partial charge in [-0.1, -0.05) is 6.07 Å². The van der Waals surface area contributed by atoms with E-state index in [4.69, 9.17) is 14.6 Å². The summed E-state index contributed by atoms with van der Waals surface area (Å²) in [7, 11) is 2.14. The van der Waals surface area contributed by atoms with Crippen molar-refractivity contribution in [3.05, 3.63) is 23.8 Å². The molecule has 1 saturated heterocycles. The number of likely N-dealkylation sites (N-methyl/N-ethyl adjacent to an activating group) is 1. The summed E-state index contributed by atoms with van der Waals surface area (Å²) in [5.41, 5.74) is 0.859. The van der Waals surface area contributed by atoms with Crippen LogP contribution in [-0.4, -0.2) is 42.4 Å². The molecular weight excluding hydrogens is 230 g/mol. The Morgan fingerprint density at radius 2 is 2.28 bits per heavy atom. The van der Waals surface area contributed by atoms with Gasteiger partial charge < -0.3 is 14.6 Å². The van der Waals surface area contributed by atoms with E-state index in [9.17, 15) is 0 Å². The largest absolute Gasteiger partial charge is 0.486 e. The van der Waals surface area contributed by atoms with E-state index in [0.29, 0.717) is 12.6 Å². The fourth-order valence-corrected chi connectivity index (χ4v) is 2.83. The minimum atomic E-state index is 0.0324. The Morgan fingerprint density at radius 1 is 1.39 bits per heavy atom. The molecule has 0 spiro atoms. The van der Waals surface area contributed by atoms with Crippen LogP contribution in [0.15, 0.2) is 18.2 Å². The highest BCUT2D eigenvalue weighted by Gasteiger charge is 2.34. The first-order valence-electron chi connectivity index (χ1n) is 6.51. The number of aliphatic hydroxyl groups excluding tert-OH is 1. The molecule has 0 saturated carbocycles. The molecule has 1 N–H and O–H groups in total. The zero-order valence-electron chi connectivity index (χ0n) is 10.6. The molecule has 1 aromatic rings. The lowest BCUT2D eigenvalue weighted by Crippen LogP contribution is -2.45. The summed E-state index contributed by atoms with van der Waals surface area (Å²) in [6.07, 6.45) is 2.49. The Morgan fingerprint density at radius 3 is 3.00 bits per heavy atom. The lowest BCUT2D eigenvalue weighted by molar-refractivity contribution is 0.0367. The third-order valence-electron chi connectivity index (χ3n) is 3.88. The van der Waals surface area contributed by atoms with Crippen LogP contribution in [0.5, 0.6) is 11.5 Å². The van der Waals surface area contributed by atoms with Crippen molar-refractivity contribution in [2.45, 2.75) is 31.6 Å². The first-order chi connectivity index (χ1) is 8.78. The van der Waals surface area contributed by atoms with Gasteiger partial charge in [0.05, 0.1) is 6.61 Å². The third kappa shape index (κ3) is 2.06. The summed E-state index contributed by atoms with van der Waals surface area (Å²) >= 11 is 0. The highest BCUT2D eigenvalue weighted by molar-refractivity contribution is 5.44. The van der Waals surface area contributed by atoms with E-state index in [1.807, 2.05) is 18.2 Å². The number of likely N-dealkylation sites (tertiary alicyclic amines) is 1. The van der Waals surface area contributed by atoms with Gasteiger partial charge in [0.2, 0.25) is 0 Å². The van der Waals surface area contributed by atoms with Crippen molar-refractivity contribution < 1.29 is 14.6 Å². The van der Waals surface area contributed by atoms with Crippen molar-refractivity contribution in [1.82, 2.24) is 4.90 Å². The maximum Gasteiger partial charge on any atom is 0.162 e. The smallest absolute Gasteiger partial charge is 0.162 e. The first-order valence-corrected chi connectivity index (χ1v) is 6.51. The first kappa shape index (κ1) is 11.8. The predicted octanol–water partition coefficient (Wildman–Crippen LogP) is 1.41. The quantitative estimate of drug-likeness (QED) is 0.860. The van der Waals surface area contributed by atoms with Crippen LogP contribution in [0, 0.1) is 0 Å². The van der Waals surface area contributed by atoms with Gasteiger partial charge in [-0.2, -0.15) is 0 Å². The highest BCUT2D eigenvalue weighted by Crippen LogP contribution is 2.35. The van der Waals surface area contributed by atoms with Gasteiger partial charge >= 0.3 is 0 Å². The minimum absolute atomic E-state index is 0.0324. The van der Waals surface area contributed by atoms with Gasteiger partial charge in [0.15, 0.2) is 11.5 Å². The molecule has 4 nitrogen and oxygen atoms in total. The molecule has 1 fully saturated rings. The molecule has 0 amide bonds. The Hall–Kier alpha value is -1.26. The summed E-state index contributed by atoms with van der Waals surface area (Å²) in [5, 5.41) is 9.15. The zero-order valence-corrected chi connectivity index (χ0v) is 10.6. The predicted molar refractivity (Wildman–Crippen MR) is 67.9 cm³/mol. The lowest BCUT2D eigenvalue weighted by Gasteiger charge is -2.33. The molecule has 4 heteroatoms. The normalized spacial score (nSPS) is 27.4. The van der Waals surface area contributed by atoms with Crippen molar-refractivity contribution in [1.29, 1.82) is 0 Å². The third-order valence-corrected chi connectivity index (χ3v) is 3.88. The van der Waals surface area contributed by atoms with E-state index in [1.165, 1.54) is 12.8 Å². The fourth-order valence-electron chi connectivity index (χ4n) is 2.83. The number of nitrogens with zero attached hydrogens (tertiary/aromatic N) is 1. The summed E-state index contributed by atoms with van der Waals surface area (Å²) in [4.78, 5) is 2.34. The second-order valence-corrected chi connectivity index (χ2v) is 5.10. The second kappa shape index (κ2) is 4.78. The highest BCUT2D eigenvalue weighted by atomic mass is 16.6. The summed E-state index contributed by atoms with van der Waals surface area (Å²) < 4.78 is 11.8. The van der Waals surface area contributed by atoms with Crippen molar-refractivity contribution in [2.75, 3.05) is 20.2 Å². The molecule has 0 unspecified atom stereocenters. The molecule has 3 rings (SSSR count). The number of hydrogen-bond donors (Lipinski definition) is 1. The lowest BCUT2D eigenvalue weighted by atomic mass is 10.1. The molecule has 98 valence electrons. The maximum atomic E-state index is 9.15. The summed E-state index contributed by atoms with van der Waals surface area (Å²) in [6, 6.07) is 6.05. The zero-order chi connectivity index (χ0) is 12.5. The standard InChI is InChI=1S/C14H19NO3/c1-15-6-2-3-11(15)14-9-17-12-5-4-10(8-16)7-13(12)18-14/h4-5,7,11,14,16H,2-3,6,8-9H2,1H3/t11-,14+/m0/s1. The van der Waals surface area contributed by atoms with E-state index < -0.39 is 0 Å². The fraction of sp³-hybridized carbons (Fsp3) is 0.571. The van der Waals surface area contributed by atoms with Gasteiger partial charge in [0.25, 0.3) is 0 Å². The average molecular weight is 249 g/mol. The van der Waals surface area contributed by atoms with Crippen LogP contribution < -0.4 is 9.47 Å². The Bertz CT molecular complexity index is 435. The van der Waals surface area contributed by atoms with Crippen LogP contribution in [0.25, 0.3) is 0 Å². The molecule has 1 aromatic carbocycles. The average Bonchev–Trinajstić information content (AvgIpc) is 2.83. The SMILES string of the molecule is CN1CCC[C@H]1[C@H]1COc2ccc(CO)cc2O1. The second-order valence-electron chi connectivity index (χ2n) is 5.10.